The van der Waals surface area contributed by atoms with Gasteiger partial charge in [0.05, 0.1) is 10.0 Å². The van der Waals surface area contributed by atoms with Gasteiger partial charge in [0.25, 0.3) is 5.91 Å². The summed E-state index contributed by atoms with van der Waals surface area (Å²) < 4.78 is 14.0. The summed E-state index contributed by atoms with van der Waals surface area (Å²) in [4.78, 5) is 25.6. The lowest BCUT2D eigenvalue weighted by Crippen LogP contribution is -2.47. The fraction of sp³-hybridized carbons (Fsp3) is 0.429. The minimum Gasteiger partial charge on any atom is -0.341 e. The first-order chi connectivity index (χ1) is 9.42. The Morgan fingerprint density at radius 1 is 1.35 bits per heavy atom. The number of nitrogens with one attached hydrogen (secondary N) is 1. The number of benzene rings is 1. The molecule has 0 aliphatic rings. The molecule has 1 atom stereocenters. The van der Waals surface area contributed by atoms with Gasteiger partial charge in [-0.15, -0.1) is 0 Å². The SMILES string of the molecule is CCN(CC)C(=O)C(C)NC(=O)c1cccc(Br)c1F. The first-order valence-corrected chi connectivity index (χ1v) is 7.25. The van der Waals surface area contributed by atoms with Crippen LogP contribution in [0.4, 0.5) is 4.39 Å². The predicted octanol–water partition coefficient (Wildman–Crippen LogP) is 2.57. The quantitative estimate of drug-likeness (QED) is 0.892. The van der Waals surface area contributed by atoms with Crippen LogP contribution >= 0.6 is 15.9 Å². The molecule has 0 bridgehead atoms. The molecule has 0 radical (unpaired) electrons. The predicted molar refractivity (Wildman–Crippen MR) is 79.0 cm³/mol. The maximum atomic E-state index is 13.8. The molecule has 6 heteroatoms. The molecule has 0 heterocycles. The summed E-state index contributed by atoms with van der Waals surface area (Å²) in [6.07, 6.45) is 0. The normalized spacial score (nSPS) is 11.8. The zero-order valence-electron chi connectivity index (χ0n) is 11.7. The molecule has 0 aliphatic heterocycles. The van der Waals surface area contributed by atoms with Crippen LogP contribution < -0.4 is 5.32 Å². The van der Waals surface area contributed by atoms with Gasteiger partial charge in [0, 0.05) is 13.1 Å². The molecule has 0 spiro atoms. The monoisotopic (exact) mass is 344 g/mol. The lowest BCUT2D eigenvalue weighted by molar-refractivity contribution is -0.132. The highest BCUT2D eigenvalue weighted by Crippen LogP contribution is 2.18. The van der Waals surface area contributed by atoms with Crippen LogP contribution in [0.15, 0.2) is 22.7 Å². The second kappa shape index (κ2) is 7.38. The van der Waals surface area contributed by atoms with Crippen molar-refractivity contribution < 1.29 is 14.0 Å². The van der Waals surface area contributed by atoms with E-state index < -0.39 is 17.8 Å². The van der Waals surface area contributed by atoms with Crippen molar-refractivity contribution in [2.75, 3.05) is 13.1 Å². The van der Waals surface area contributed by atoms with Gasteiger partial charge in [0.1, 0.15) is 11.9 Å². The van der Waals surface area contributed by atoms with E-state index in [0.717, 1.165) is 0 Å². The Labute approximate surface area is 126 Å². The second-order valence-electron chi connectivity index (χ2n) is 4.31. The van der Waals surface area contributed by atoms with E-state index in [-0.39, 0.29) is 15.9 Å². The van der Waals surface area contributed by atoms with Crippen LogP contribution in [0.1, 0.15) is 31.1 Å². The average molecular weight is 345 g/mol. The van der Waals surface area contributed by atoms with Crippen molar-refractivity contribution in [2.24, 2.45) is 0 Å². The summed E-state index contributed by atoms with van der Waals surface area (Å²) in [6.45, 7) is 6.46. The summed E-state index contributed by atoms with van der Waals surface area (Å²) in [5.74, 6) is -1.41. The fourth-order valence-electron chi connectivity index (χ4n) is 1.82. The Bertz CT molecular complexity index is 504. The van der Waals surface area contributed by atoms with E-state index in [1.165, 1.54) is 12.1 Å². The third kappa shape index (κ3) is 3.79. The van der Waals surface area contributed by atoms with Gasteiger partial charge in [-0.2, -0.15) is 0 Å². The number of likely N-dealkylation sites (N-methyl/N-ethyl adjacent to an activating group) is 1. The van der Waals surface area contributed by atoms with E-state index in [1.807, 2.05) is 13.8 Å². The second-order valence-corrected chi connectivity index (χ2v) is 5.16. The lowest BCUT2D eigenvalue weighted by atomic mass is 10.2. The van der Waals surface area contributed by atoms with Crippen LogP contribution in [0, 0.1) is 5.82 Å². The van der Waals surface area contributed by atoms with Crippen LogP contribution in [0.5, 0.6) is 0 Å². The smallest absolute Gasteiger partial charge is 0.254 e. The maximum Gasteiger partial charge on any atom is 0.254 e. The number of amides is 2. The van der Waals surface area contributed by atoms with Crippen molar-refractivity contribution in [1.29, 1.82) is 0 Å². The fourth-order valence-corrected chi connectivity index (χ4v) is 2.19. The Balaban J connectivity index is 2.80. The van der Waals surface area contributed by atoms with Gasteiger partial charge < -0.3 is 10.2 Å². The van der Waals surface area contributed by atoms with Crippen LogP contribution in [0.25, 0.3) is 0 Å². The molecule has 0 saturated carbocycles. The molecule has 0 fully saturated rings. The third-order valence-electron chi connectivity index (χ3n) is 2.99. The standard InChI is InChI=1S/C14H18BrFN2O2/c1-4-18(5-2)14(20)9(3)17-13(19)10-7-6-8-11(15)12(10)16/h6-9H,4-5H2,1-3H3,(H,17,19). The summed E-state index contributed by atoms with van der Waals surface area (Å²) in [7, 11) is 0. The van der Waals surface area contributed by atoms with Gasteiger partial charge in [-0.05, 0) is 48.8 Å². The summed E-state index contributed by atoms with van der Waals surface area (Å²) in [5.41, 5.74) is -0.0847. The van der Waals surface area contributed by atoms with Crippen LogP contribution in [-0.4, -0.2) is 35.8 Å². The first-order valence-electron chi connectivity index (χ1n) is 6.46. The van der Waals surface area contributed by atoms with Gasteiger partial charge in [-0.25, -0.2) is 4.39 Å². The zero-order valence-corrected chi connectivity index (χ0v) is 13.3. The van der Waals surface area contributed by atoms with Gasteiger partial charge in [-0.3, -0.25) is 9.59 Å². The van der Waals surface area contributed by atoms with Gasteiger partial charge in [0.2, 0.25) is 5.91 Å². The molecule has 4 nitrogen and oxygen atoms in total. The van der Waals surface area contributed by atoms with E-state index in [2.05, 4.69) is 21.2 Å². The molecule has 0 aliphatic carbocycles. The Morgan fingerprint density at radius 3 is 2.50 bits per heavy atom. The van der Waals surface area contributed by atoms with E-state index >= 15 is 0 Å². The van der Waals surface area contributed by atoms with Gasteiger partial charge >= 0.3 is 0 Å². The van der Waals surface area contributed by atoms with Crippen molar-refractivity contribution in [2.45, 2.75) is 26.8 Å². The Kier molecular flexibility index (Phi) is 6.13. The molecular weight excluding hydrogens is 327 g/mol. The van der Waals surface area contributed by atoms with Crippen molar-refractivity contribution in [3.8, 4) is 0 Å². The lowest BCUT2D eigenvalue weighted by Gasteiger charge is -2.23. The summed E-state index contributed by atoms with van der Waals surface area (Å²) >= 11 is 3.02. The van der Waals surface area contributed by atoms with E-state index in [1.54, 1.807) is 17.9 Å². The van der Waals surface area contributed by atoms with Crippen LogP contribution in [0.2, 0.25) is 0 Å². The van der Waals surface area contributed by atoms with E-state index in [9.17, 15) is 14.0 Å². The van der Waals surface area contributed by atoms with E-state index in [4.69, 9.17) is 0 Å². The maximum absolute atomic E-state index is 13.8. The molecule has 20 heavy (non-hydrogen) atoms. The van der Waals surface area contributed by atoms with Crippen LogP contribution in [0.3, 0.4) is 0 Å². The van der Waals surface area contributed by atoms with Crippen molar-refractivity contribution in [3.05, 3.63) is 34.1 Å². The molecule has 110 valence electrons. The number of rotatable bonds is 5. The summed E-state index contributed by atoms with van der Waals surface area (Å²) in [5, 5.41) is 2.52. The average Bonchev–Trinajstić information content (AvgIpc) is 2.42. The van der Waals surface area contributed by atoms with Crippen molar-refractivity contribution >= 4 is 27.7 Å². The number of hydrogen-bond acceptors (Lipinski definition) is 2. The van der Waals surface area contributed by atoms with E-state index in [0.29, 0.717) is 13.1 Å². The van der Waals surface area contributed by atoms with Gasteiger partial charge in [0.15, 0.2) is 0 Å². The molecule has 1 aromatic carbocycles. The number of nitrogens with zero attached hydrogens (tertiary/aromatic N) is 1. The molecule has 0 saturated heterocycles. The molecule has 1 N–H and O–H groups in total. The molecule has 1 rings (SSSR count). The summed E-state index contributed by atoms with van der Waals surface area (Å²) in [6, 6.07) is 3.76. The highest BCUT2D eigenvalue weighted by Gasteiger charge is 2.22. The molecule has 0 aromatic heterocycles. The molecular formula is C14H18BrFN2O2. The first kappa shape index (κ1) is 16.6. The molecule has 1 unspecified atom stereocenters. The van der Waals surface area contributed by atoms with Crippen molar-refractivity contribution in [3.63, 3.8) is 0 Å². The number of carbonyl (C=O) groups is 2. The number of carbonyl (C=O) groups excluding carboxylic acids is 2. The highest BCUT2D eigenvalue weighted by molar-refractivity contribution is 9.10. The van der Waals surface area contributed by atoms with Crippen LogP contribution in [-0.2, 0) is 4.79 Å². The highest BCUT2D eigenvalue weighted by atomic mass is 79.9. The Hall–Kier alpha value is -1.43. The third-order valence-corrected chi connectivity index (χ3v) is 3.60. The largest absolute Gasteiger partial charge is 0.341 e. The minimum absolute atomic E-state index is 0.0847. The minimum atomic E-state index is -0.694. The Morgan fingerprint density at radius 2 is 1.95 bits per heavy atom. The molecule has 2 amide bonds. The van der Waals surface area contributed by atoms with Gasteiger partial charge in [-0.1, -0.05) is 6.07 Å². The number of halogens is 2. The topological polar surface area (TPSA) is 49.4 Å². The number of hydrogen-bond donors (Lipinski definition) is 1. The molecule has 1 aromatic rings. The van der Waals surface area contributed by atoms with Crippen molar-refractivity contribution in [1.82, 2.24) is 10.2 Å². The zero-order chi connectivity index (χ0) is 15.3.